The Labute approximate surface area is 418 Å². The van der Waals surface area contributed by atoms with Crippen molar-refractivity contribution >= 4 is 17.9 Å². The zero-order chi connectivity index (χ0) is 48.8. The molecule has 0 heterocycles. The van der Waals surface area contributed by atoms with E-state index < -0.39 is 6.10 Å². The summed E-state index contributed by atoms with van der Waals surface area (Å²) in [7, 11) is 0. The maximum Gasteiger partial charge on any atom is 0.306 e. The van der Waals surface area contributed by atoms with Crippen LogP contribution < -0.4 is 0 Å². The van der Waals surface area contributed by atoms with Gasteiger partial charge in [0.1, 0.15) is 13.2 Å². The first-order valence-electron chi connectivity index (χ1n) is 30.4. The topological polar surface area (TPSA) is 78.9 Å². The van der Waals surface area contributed by atoms with Crippen LogP contribution in [0.15, 0.2) is 0 Å². The summed E-state index contributed by atoms with van der Waals surface area (Å²) in [6.07, 6.45) is 60.9. The van der Waals surface area contributed by atoms with E-state index in [1.807, 2.05) is 0 Å². The van der Waals surface area contributed by atoms with Gasteiger partial charge in [-0.25, -0.2) is 0 Å². The minimum absolute atomic E-state index is 0.0614. The predicted molar refractivity (Wildman–Crippen MR) is 289 cm³/mol. The van der Waals surface area contributed by atoms with Crippen LogP contribution in [-0.4, -0.2) is 37.2 Å². The lowest BCUT2D eigenvalue weighted by atomic mass is 10.0. The Morgan fingerprint density at radius 3 is 0.731 bits per heavy atom. The molecule has 0 radical (unpaired) electrons. The summed E-state index contributed by atoms with van der Waals surface area (Å²) < 4.78 is 16.9. The standard InChI is InChI=1S/C61H118O6/c1-5-7-9-11-13-15-17-19-21-25-29-33-37-41-45-49-53-60(63)66-56-58(55-65-59(62)52-48-44-40-36-32-28-20-18-16-14-12-10-8-6-2)67-61(64)54-50-46-42-38-34-30-26-23-22-24-27-31-35-39-43-47-51-57(3)4/h57-58H,5-56H2,1-4H3/t58-/m0/s1. The van der Waals surface area contributed by atoms with E-state index in [1.54, 1.807) is 0 Å². The van der Waals surface area contributed by atoms with Gasteiger partial charge < -0.3 is 14.2 Å². The van der Waals surface area contributed by atoms with Gasteiger partial charge in [0, 0.05) is 19.3 Å². The molecule has 398 valence electrons. The quantitative estimate of drug-likeness (QED) is 0.0343. The van der Waals surface area contributed by atoms with Gasteiger partial charge in [0.05, 0.1) is 0 Å². The molecule has 0 aromatic carbocycles. The molecule has 0 aliphatic rings. The van der Waals surface area contributed by atoms with E-state index in [0.717, 1.165) is 63.7 Å². The summed E-state index contributed by atoms with van der Waals surface area (Å²) >= 11 is 0. The van der Waals surface area contributed by atoms with Crippen LogP contribution in [0.2, 0.25) is 0 Å². The average molecular weight is 948 g/mol. The van der Waals surface area contributed by atoms with Crippen molar-refractivity contribution in [3.05, 3.63) is 0 Å². The molecule has 6 nitrogen and oxygen atoms in total. The summed E-state index contributed by atoms with van der Waals surface area (Å²) in [5.41, 5.74) is 0. The monoisotopic (exact) mass is 947 g/mol. The van der Waals surface area contributed by atoms with Gasteiger partial charge in [-0.1, -0.05) is 310 Å². The van der Waals surface area contributed by atoms with Gasteiger partial charge in [0.15, 0.2) is 6.10 Å². The van der Waals surface area contributed by atoms with Gasteiger partial charge in [0.25, 0.3) is 0 Å². The normalized spacial score (nSPS) is 12.0. The zero-order valence-corrected chi connectivity index (χ0v) is 45.9. The average Bonchev–Trinajstić information content (AvgIpc) is 3.31. The van der Waals surface area contributed by atoms with E-state index in [1.165, 1.54) is 244 Å². The fourth-order valence-corrected chi connectivity index (χ4v) is 9.46. The lowest BCUT2D eigenvalue weighted by molar-refractivity contribution is -0.167. The van der Waals surface area contributed by atoms with Crippen LogP contribution in [0.3, 0.4) is 0 Å². The Morgan fingerprint density at radius 1 is 0.284 bits per heavy atom. The van der Waals surface area contributed by atoms with Crippen LogP contribution in [-0.2, 0) is 28.6 Å². The summed E-state index contributed by atoms with van der Waals surface area (Å²) in [5, 5.41) is 0. The number of esters is 3. The molecular weight excluding hydrogens is 829 g/mol. The Hall–Kier alpha value is -1.59. The highest BCUT2D eigenvalue weighted by Gasteiger charge is 2.19. The van der Waals surface area contributed by atoms with Crippen LogP contribution in [0.1, 0.15) is 349 Å². The lowest BCUT2D eigenvalue weighted by Gasteiger charge is -2.18. The van der Waals surface area contributed by atoms with E-state index >= 15 is 0 Å². The molecule has 0 unspecified atom stereocenters. The third-order valence-electron chi connectivity index (χ3n) is 14.0. The molecule has 0 saturated heterocycles. The third-order valence-corrected chi connectivity index (χ3v) is 14.0. The number of carbonyl (C=O) groups is 3. The second-order valence-electron chi connectivity index (χ2n) is 21.5. The van der Waals surface area contributed by atoms with Crippen molar-refractivity contribution in [1.29, 1.82) is 0 Å². The van der Waals surface area contributed by atoms with Gasteiger partial charge >= 0.3 is 17.9 Å². The molecule has 0 rings (SSSR count). The Morgan fingerprint density at radius 2 is 0.493 bits per heavy atom. The zero-order valence-electron chi connectivity index (χ0n) is 45.9. The molecule has 0 aromatic rings. The highest BCUT2D eigenvalue weighted by Crippen LogP contribution is 2.18. The summed E-state index contributed by atoms with van der Waals surface area (Å²) in [5.74, 6) is 0.0212. The van der Waals surface area contributed by atoms with E-state index in [9.17, 15) is 14.4 Å². The molecule has 0 amide bonds. The Bertz CT molecular complexity index is 1010. The molecule has 0 spiro atoms. The lowest BCUT2D eigenvalue weighted by Crippen LogP contribution is -2.30. The number of hydrogen-bond donors (Lipinski definition) is 0. The van der Waals surface area contributed by atoms with E-state index in [4.69, 9.17) is 14.2 Å². The fourth-order valence-electron chi connectivity index (χ4n) is 9.46. The fraction of sp³-hybridized carbons (Fsp3) is 0.951. The number of rotatable bonds is 56. The van der Waals surface area contributed by atoms with E-state index in [2.05, 4.69) is 27.7 Å². The number of ether oxygens (including phenoxy) is 3. The van der Waals surface area contributed by atoms with Crippen molar-refractivity contribution in [2.24, 2.45) is 5.92 Å². The molecule has 0 aliphatic heterocycles. The first-order valence-corrected chi connectivity index (χ1v) is 30.4. The second kappa shape index (κ2) is 55.3. The Kier molecular flexibility index (Phi) is 54.0. The minimum atomic E-state index is -0.762. The first kappa shape index (κ1) is 65.4. The van der Waals surface area contributed by atoms with E-state index in [0.29, 0.717) is 19.3 Å². The van der Waals surface area contributed by atoms with Crippen molar-refractivity contribution in [2.45, 2.75) is 355 Å². The van der Waals surface area contributed by atoms with Crippen molar-refractivity contribution in [1.82, 2.24) is 0 Å². The Balaban J connectivity index is 4.28. The molecule has 6 heteroatoms. The summed E-state index contributed by atoms with van der Waals surface area (Å²) in [6.45, 7) is 9.08. The van der Waals surface area contributed by atoms with Crippen molar-refractivity contribution in [2.75, 3.05) is 13.2 Å². The molecule has 1 atom stereocenters. The smallest absolute Gasteiger partial charge is 0.306 e. The van der Waals surface area contributed by atoms with Crippen LogP contribution in [0.5, 0.6) is 0 Å². The van der Waals surface area contributed by atoms with Gasteiger partial charge in [-0.05, 0) is 25.2 Å². The number of hydrogen-bond acceptors (Lipinski definition) is 6. The highest BCUT2D eigenvalue weighted by atomic mass is 16.6. The van der Waals surface area contributed by atoms with Crippen LogP contribution >= 0.6 is 0 Å². The first-order chi connectivity index (χ1) is 32.9. The van der Waals surface area contributed by atoms with Crippen molar-refractivity contribution < 1.29 is 28.6 Å². The maximum absolute atomic E-state index is 12.9. The van der Waals surface area contributed by atoms with Gasteiger partial charge in [-0.15, -0.1) is 0 Å². The van der Waals surface area contributed by atoms with Crippen molar-refractivity contribution in [3.8, 4) is 0 Å². The molecule has 0 fully saturated rings. The maximum atomic E-state index is 12.9. The van der Waals surface area contributed by atoms with Crippen LogP contribution in [0, 0.1) is 5.92 Å². The molecule has 0 bridgehead atoms. The van der Waals surface area contributed by atoms with Gasteiger partial charge in [-0.3, -0.25) is 14.4 Å². The second-order valence-corrected chi connectivity index (χ2v) is 21.5. The third kappa shape index (κ3) is 55.2. The predicted octanol–water partition coefficient (Wildman–Crippen LogP) is 20.2. The molecule has 0 aromatic heterocycles. The molecule has 0 aliphatic carbocycles. The van der Waals surface area contributed by atoms with Crippen LogP contribution in [0.4, 0.5) is 0 Å². The summed E-state index contributed by atoms with van der Waals surface area (Å²) in [6, 6.07) is 0. The molecule has 0 N–H and O–H groups in total. The SMILES string of the molecule is CCCCCCCCCCCCCCCCCCC(=O)OC[C@H](COC(=O)CCCCCCCCCCCCCCCC)OC(=O)CCCCCCCCCCCCCCCCCCC(C)C. The van der Waals surface area contributed by atoms with Crippen molar-refractivity contribution in [3.63, 3.8) is 0 Å². The van der Waals surface area contributed by atoms with Gasteiger partial charge in [-0.2, -0.15) is 0 Å². The minimum Gasteiger partial charge on any atom is -0.462 e. The summed E-state index contributed by atoms with van der Waals surface area (Å²) in [4.78, 5) is 38.2. The number of carbonyl (C=O) groups excluding carboxylic acids is 3. The molecule has 67 heavy (non-hydrogen) atoms. The largest absolute Gasteiger partial charge is 0.462 e. The van der Waals surface area contributed by atoms with Crippen LogP contribution in [0.25, 0.3) is 0 Å². The number of unbranched alkanes of at least 4 members (excludes halogenated alkanes) is 43. The molecule has 0 saturated carbocycles. The van der Waals surface area contributed by atoms with Gasteiger partial charge in [0.2, 0.25) is 0 Å². The molecular formula is C61H118O6. The van der Waals surface area contributed by atoms with E-state index in [-0.39, 0.29) is 31.1 Å². The highest BCUT2D eigenvalue weighted by molar-refractivity contribution is 5.71.